The molecule has 1 aromatic rings. The van der Waals surface area contributed by atoms with Crippen molar-refractivity contribution in [2.75, 3.05) is 6.54 Å². The standard InChI is InChI=1S/C12H21N3/c13-8-7-11-9-14-12(15-11)10-5-3-1-2-4-6-10/h9-10H,1-8,13H2,(H,14,15). The van der Waals surface area contributed by atoms with Gasteiger partial charge in [-0.05, 0) is 19.4 Å². The van der Waals surface area contributed by atoms with Crippen molar-refractivity contribution in [2.24, 2.45) is 5.73 Å². The van der Waals surface area contributed by atoms with Crippen LogP contribution in [0.15, 0.2) is 6.20 Å². The van der Waals surface area contributed by atoms with Crippen molar-refractivity contribution in [1.82, 2.24) is 9.97 Å². The van der Waals surface area contributed by atoms with Gasteiger partial charge in [0.25, 0.3) is 0 Å². The van der Waals surface area contributed by atoms with Crippen LogP contribution in [0.4, 0.5) is 0 Å². The second kappa shape index (κ2) is 5.31. The van der Waals surface area contributed by atoms with E-state index in [2.05, 4.69) is 9.97 Å². The van der Waals surface area contributed by atoms with Crippen LogP contribution in [0.5, 0.6) is 0 Å². The zero-order chi connectivity index (χ0) is 10.5. The Morgan fingerprint density at radius 2 is 2.00 bits per heavy atom. The molecule has 0 amide bonds. The van der Waals surface area contributed by atoms with Gasteiger partial charge in [0, 0.05) is 24.2 Å². The van der Waals surface area contributed by atoms with Crippen molar-refractivity contribution < 1.29 is 0 Å². The highest BCUT2D eigenvalue weighted by atomic mass is 14.9. The molecule has 0 saturated heterocycles. The monoisotopic (exact) mass is 207 g/mol. The maximum Gasteiger partial charge on any atom is 0.109 e. The lowest BCUT2D eigenvalue weighted by atomic mass is 10.00. The molecule has 3 N–H and O–H groups in total. The summed E-state index contributed by atoms with van der Waals surface area (Å²) in [5.74, 6) is 1.86. The number of aromatic nitrogens is 2. The van der Waals surface area contributed by atoms with Crippen molar-refractivity contribution >= 4 is 0 Å². The molecule has 3 heteroatoms. The summed E-state index contributed by atoms with van der Waals surface area (Å²) in [7, 11) is 0. The molecule has 1 heterocycles. The Labute approximate surface area is 91.5 Å². The van der Waals surface area contributed by atoms with E-state index >= 15 is 0 Å². The highest BCUT2D eigenvalue weighted by Gasteiger charge is 2.16. The van der Waals surface area contributed by atoms with Gasteiger partial charge >= 0.3 is 0 Å². The quantitative estimate of drug-likeness (QED) is 0.747. The molecule has 0 spiro atoms. The van der Waals surface area contributed by atoms with Crippen LogP contribution in [0.1, 0.15) is 56.0 Å². The second-order valence-corrected chi connectivity index (χ2v) is 4.52. The zero-order valence-electron chi connectivity index (χ0n) is 9.34. The van der Waals surface area contributed by atoms with Crippen molar-refractivity contribution in [2.45, 2.75) is 50.9 Å². The lowest BCUT2D eigenvalue weighted by molar-refractivity contribution is 0.565. The van der Waals surface area contributed by atoms with Gasteiger partial charge in [0.15, 0.2) is 0 Å². The Morgan fingerprint density at radius 3 is 2.67 bits per heavy atom. The highest BCUT2D eigenvalue weighted by molar-refractivity contribution is 5.06. The van der Waals surface area contributed by atoms with Gasteiger partial charge in [-0.15, -0.1) is 0 Å². The largest absolute Gasteiger partial charge is 0.346 e. The predicted octanol–water partition coefficient (Wildman–Crippen LogP) is 2.35. The van der Waals surface area contributed by atoms with Crippen LogP contribution in [0, 0.1) is 0 Å². The van der Waals surface area contributed by atoms with Gasteiger partial charge in [-0.1, -0.05) is 25.7 Å². The van der Waals surface area contributed by atoms with Crippen molar-refractivity contribution in [3.8, 4) is 0 Å². The number of nitrogens with two attached hydrogens (primary N) is 1. The van der Waals surface area contributed by atoms with Crippen molar-refractivity contribution in [1.29, 1.82) is 0 Å². The fraction of sp³-hybridized carbons (Fsp3) is 0.750. The summed E-state index contributed by atoms with van der Waals surface area (Å²) in [4.78, 5) is 7.91. The topological polar surface area (TPSA) is 54.7 Å². The molecule has 15 heavy (non-hydrogen) atoms. The zero-order valence-corrected chi connectivity index (χ0v) is 9.34. The molecule has 0 aliphatic heterocycles. The molecular formula is C12H21N3. The molecule has 0 unspecified atom stereocenters. The maximum atomic E-state index is 5.53. The van der Waals surface area contributed by atoms with Gasteiger partial charge < -0.3 is 10.7 Å². The number of imidazole rings is 1. The van der Waals surface area contributed by atoms with E-state index in [0.717, 1.165) is 6.42 Å². The van der Waals surface area contributed by atoms with Gasteiger partial charge in [0.05, 0.1) is 0 Å². The molecule has 3 nitrogen and oxygen atoms in total. The summed E-state index contributed by atoms with van der Waals surface area (Å²) in [6.45, 7) is 0.701. The van der Waals surface area contributed by atoms with E-state index in [1.165, 1.54) is 50.0 Å². The molecule has 2 rings (SSSR count). The van der Waals surface area contributed by atoms with E-state index in [9.17, 15) is 0 Å². The van der Waals surface area contributed by atoms with E-state index in [0.29, 0.717) is 12.5 Å². The molecule has 1 aliphatic rings. The first-order valence-electron chi connectivity index (χ1n) is 6.14. The SMILES string of the molecule is NCCc1cnc(C2CCCCCC2)[nH]1. The molecule has 0 radical (unpaired) electrons. The van der Waals surface area contributed by atoms with Crippen LogP contribution in [-0.4, -0.2) is 16.5 Å². The molecule has 1 saturated carbocycles. The minimum atomic E-state index is 0.666. The van der Waals surface area contributed by atoms with Crippen LogP contribution in [0.2, 0.25) is 0 Å². The number of rotatable bonds is 3. The molecule has 0 aromatic carbocycles. The second-order valence-electron chi connectivity index (χ2n) is 4.52. The highest BCUT2D eigenvalue weighted by Crippen LogP contribution is 2.29. The summed E-state index contributed by atoms with van der Waals surface area (Å²) >= 11 is 0. The van der Waals surface area contributed by atoms with Gasteiger partial charge in [-0.25, -0.2) is 4.98 Å². The Morgan fingerprint density at radius 1 is 1.27 bits per heavy atom. The minimum Gasteiger partial charge on any atom is -0.346 e. The predicted molar refractivity (Wildman–Crippen MR) is 61.8 cm³/mol. The average Bonchev–Trinajstić information content (AvgIpc) is 2.53. The maximum absolute atomic E-state index is 5.53. The third kappa shape index (κ3) is 2.81. The van der Waals surface area contributed by atoms with Crippen LogP contribution in [-0.2, 0) is 6.42 Å². The average molecular weight is 207 g/mol. The number of H-pyrrole nitrogens is 1. The third-order valence-electron chi connectivity index (χ3n) is 3.30. The van der Waals surface area contributed by atoms with E-state index < -0.39 is 0 Å². The fourth-order valence-electron chi connectivity index (χ4n) is 2.42. The van der Waals surface area contributed by atoms with Crippen LogP contribution < -0.4 is 5.73 Å². The van der Waals surface area contributed by atoms with Crippen LogP contribution in [0.25, 0.3) is 0 Å². The number of aromatic amines is 1. The molecule has 84 valence electrons. The van der Waals surface area contributed by atoms with Gasteiger partial charge in [-0.2, -0.15) is 0 Å². The lowest BCUT2D eigenvalue weighted by Crippen LogP contribution is -2.04. The van der Waals surface area contributed by atoms with E-state index in [-0.39, 0.29) is 0 Å². The normalized spacial score (nSPS) is 19.0. The number of hydrogen-bond donors (Lipinski definition) is 2. The fourth-order valence-corrected chi connectivity index (χ4v) is 2.42. The van der Waals surface area contributed by atoms with Gasteiger partial charge in [-0.3, -0.25) is 0 Å². The van der Waals surface area contributed by atoms with E-state index in [1.807, 2.05) is 6.20 Å². The van der Waals surface area contributed by atoms with E-state index in [1.54, 1.807) is 0 Å². The Hall–Kier alpha value is -0.830. The molecule has 0 atom stereocenters. The van der Waals surface area contributed by atoms with E-state index in [4.69, 9.17) is 5.73 Å². The Balaban J connectivity index is 2.00. The number of nitrogens with one attached hydrogen (secondary N) is 1. The minimum absolute atomic E-state index is 0.666. The molecule has 1 aromatic heterocycles. The molecular weight excluding hydrogens is 186 g/mol. The van der Waals surface area contributed by atoms with Crippen molar-refractivity contribution in [3.63, 3.8) is 0 Å². The number of nitrogens with zero attached hydrogens (tertiary/aromatic N) is 1. The molecule has 1 fully saturated rings. The third-order valence-corrected chi connectivity index (χ3v) is 3.30. The summed E-state index contributed by atoms with van der Waals surface area (Å²) < 4.78 is 0. The summed E-state index contributed by atoms with van der Waals surface area (Å²) in [6.07, 6.45) is 11.0. The number of hydrogen-bond acceptors (Lipinski definition) is 2. The summed E-state index contributed by atoms with van der Waals surface area (Å²) in [5.41, 5.74) is 6.72. The smallest absolute Gasteiger partial charge is 0.109 e. The summed E-state index contributed by atoms with van der Waals surface area (Å²) in [6, 6.07) is 0. The van der Waals surface area contributed by atoms with Crippen LogP contribution >= 0.6 is 0 Å². The molecule has 0 bridgehead atoms. The first-order chi connectivity index (χ1) is 7.40. The van der Waals surface area contributed by atoms with Crippen molar-refractivity contribution in [3.05, 3.63) is 17.7 Å². The first-order valence-corrected chi connectivity index (χ1v) is 6.14. The Kier molecular flexibility index (Phi) is 3.78. The molecule has 1 aliphatic carbocycles. The lowest BCUT2D eigenvalue weighted by Gasteiger charge is -2.10. The van der Waals surface area contributed by atoms with Gasteiger partial charge in [0.1, 0.15) is 5.82 Å². The van der Waals surface area contributed by atoms with Crippen LogP contribution in [0.3, 0.4) is 0 Å². The first kappa shape index (κ1) is 10.7. The summed E-state index contributed by atoms with van der Waals surface area (Å²) in [5, 5.41) is 0. The Bertz CT molecular complexity index is 285. The van der Waals surface area contributed by atoms with Gasteiger partial charge in [0.2, 0.25) is 0 Å².